The Morgan fingerprint density at radius 1 is 1.39 bits per heavy atom. The molecule has 0 saturated carbocycles. The van der Waals surface area contributed by atoms with Crippen molar-refractivity contribution in [1.82, 2.24) is 15.0 Å². The number of carbonyl (C=O) groups excluding carboxylic acids is 1. The van der Waals surface area contributed by atoms with Crippen molar-refractivity contribution < 1.29 is 13.6 Å². The van der Waals surface area contributed by atoms with Gasteiger partial charge in [0.25, 0.3) is 0 Å². The number of nitrogens with zero attached hydrogens (tertiary/aromatic N) is 3. The van der Waals surface area contributed by atoms with Crippen molar-refractivity contribution in [2.45, 2.75) is 13.3 Å². The molecule has 4 nitrogen and oxygen atoms in total. The smallest absolute Gasteiger partial charge is 0.174 e. The van der Waals surface area contributed by atoms with Crippen LogP contribution in [0.25, 0.3) is 0 Å². The lowest BCUT2D eigenvalue weighted by Crippen LogP contribution is -2.10. The van der Waals surface area contributed by atoms with E-state index in [1.807, 2.05) is 0 Å². The van der Waals surface area contributed by atoms with E-state index in [2.05, 4.69) is 10.3 Å². The third kappa shape index (κ3) is 2.27. The summed E-state index contributed by atoms with van der Waals surface area (Å²) < 4.78 is 28.6. The van der Waals surface area contributed by atoms with Gasteiger partial charge in [-0.2, -0.15) is 0 Å². The Balaban J connectivity index is 2.32. The molecular formula is C12H11F2N3O. The van der Waals surface area contributed by atoms with Crippen molar-refractivity contribution in [3.8, 4) is 0 Å². The van der Waals surface area contributed by atoms with Crippen molar-refractivity contribution in [1.29, 1.82) is 0 Å². The fourth-order valence-corrected chi connectivity index (χ4v) is 1.64. The van der Waals surface area contributed by atoms with E-state index in [1.54, 1.807) is 7.05 Å². The maximum absolute atomic E-state index is 13.7. The van der Waals surface area contributed by atoms with E-state index >= 15 is 0 Å². The Bertz CT molecular complexity index is 607. The predicted molar refractivity (Wildman–Crippen MR) is 60.1 cm³/mol. The van der Waals surface area contributed by atoms with Crippen molar-refractivity contribution in [3.05, 3.63) is 46.8 Å². The molecule has 0 fully saturated rings. The van der Waals surface area contributed by atoms with E-state index in [-0.39, 0.29) is 12.0 Å². The van der Waals surface area contributed by atoms with Gasteiger partial charge in [0.15, 0.2) is 5.78 Å². The molecule has 0 aliphatic carbocycles. The minimum absolute atomic E-state index is 0.175. The molecule has 0 spiro atoms. The van der Waals surface area contributed by atoms with Gasteiger partial charge < -0.3 is 0 Å². The fourth-order valence-electron chi connectivity index (χ4n) is 1.64. The first-order valence-corrected chi connectivity index (χ1v) is 5.32. The second-order valence-electron chi connectivity index (χ2n) is 4.04. The quantitative estimate of drug-likeness (QED) is 0.782. The van der Waals surface area contributed by atoms with E-state index in [1.165, 1.54) is 23.9 Å². The van der Waals surface area contributed by atoms with Crippen molar-refractivity contribution in [2.75, 3.05) is 0 Å². The maximum atomic E-state index is 13.7. The largest absolute Gasteiger partial charge is 0.294 e. The zero-order valence-electron chi connectivity index (χ0n) is 9.94. The molecule has 0 radical (unpaired) electrons. The topological polar surface area (TPSA) is 47.8 Å². The van der Waals surface area contributed by atoms with Crippen LogP contribution >= 0.6 is 0 Å². The molecule has 0 amide bonds. The number of carbonyl (C=O) groups is 1. The lowest BCUT2D eigenvalue weighted by molar-refractivity contribution is 0.0983. The normalized spacial score (nSPS) is 10.7. The zero-order valence-corrected chi connectivity index (χ0v) is 9.94. The Kier molecular flexibility index (Phi) is 3.18. The summed E-state index contributed by atoms with van der Waals surface area (Å²) in [6.07, 6.45) is 1.36. The highest BCUT2D eigenvalue weighted by Crippen LogP contribution is 2.18. The third-order valence-corrected chi connectivity index (χ3v) is 2.55. The van der Waals surface area contributed by atoms with Gasteiger partial charge in [0, 0.05) is 13.2 Å². The van der Waals surface area contributed by atoms with E-state index < -0.39 is 23.0 Å². The van der Waals surface area contributed by atoms with E-state index in [0.717, 1.165) is 6.07 Å². The summed E-state index contributed by atoms with van der Waals surface area (Å²) in [5, 5.41) is 7.36. The lowest BCUT2D eigenvalue weighted by atomic mass is 10.0. The van der Waals surface area contributed by atoms with Gasteiger partial charge in [0.1, 0.15) is 11.6 Å². The number of ketones is 1. The molecule has 0 unspecified atom stereocenters. The van der Waals surface area contributed by atoms with Gasteiger partial charge in [0.2, 0.25) is 0 Å². The number of halogens is 2. The van der Waals surface area contributed by atoms with Crippen LogP contribution in [0.1, 0.15) is 21.6 Å². The van der Waals surface area contributed by atoms with Gasteiger partial charge in [-0.25, -0.2) is 8.78 Å². The average molecular weight is 251 g/mol. The van der Waals surface area contributed by atoms with Crippen molar-refractivity contribution >= 4 is 5.78 Å². The van der Waals surface area contributed by atoms with Crippen LogP contribution in [0.5, 0.6) is 0 Å². The molecule has 0 N–H and O–H groups in total. The summed E-state index contributed by atoms with van der Waals surface area (Å²) in [6.45, 7) is 1.48. The first-order valence-electron chi connectivity index (χ1n) is 5.32. The van der Waals surface area contributed by atoms with Crippen LogP contribution in [0.2, 0.25) is 0 Å². The van der Waals surface area contributed by atoms with Gasteiger partial charge in [-0.15, -0.1) is 5.10 Å². The lowest BCUT2D eigenvalue weighted by Gasteiger charge is -2.05. The Labute approximate surface area is 102 Å². The minimum atomic E-state index is -0.855. The number of aromatic nitrogens is 3. The van der Waals surface area contributed by atoms with Crippen LogP contribution in [-0.4, -0.2) is 20.8 Å². The molecule has 2 rings (SSSR count). The van der Waals surface area contributed by atoms with Crippen LogP contribution in [0.3, 0.4) is 0 Å². The molecule has 0 aliphatic rings. The Hall–Kier alpha value is -2.11. The highest BCUT2D eigenvalue weighted by Gasteiger charge is 2.20. The highest BCUT2D eigenvalue weighted by atomic mass is 19.1. The summed E-state index contributed by atoms with van der Waals surface area (Å²) in [4.78, 5) is 11.9. The van der Waals surface area contributed by atoms with E-state index in [9.17, 15) is 13.6 Å². The predicted octanol–water partition coefficient (Wildman–Crippen LogP) is 1.83. The Morgan fingerprint density at radius 3 is 2.72 bits per heavy atom. The summed E-state index contributed by atoms with van der Waals surface area (Å²) in [5.41, 5.74) is 0.0994. The maximum Gasteiger partial charge on any atom is 0.174 e. The number of aryl methyl sites for hydroxylation is 2. The summed E-state index contributed by atoms with van der Waals surface area (Å²) >= 11 is 0. The van der Waals surface area contributed by atoms with Crippen LogP contribution in [-0.2, 0) is 13.5 Å². The second-order valence-corrected chi connectivity index (χ2v) is 4.04. The van der Waals surface area contributed by atoms with Gasteiger partial charge in [0.05, 0.1) is 17.7 Å². The number of benzene rings is 1. The molecular weight excluding hydrogens is 240 g/mol. The molecule has 0 bridgehead atoms. The van der Waals surface area contributed by atoms with Crippen LogP contribution in [0.4, 0.5) is 8.78 Å². The summed E-state index contributed by atoms with van der Waals surface area (Å²) in [5.74, 6) is -2.31. The number of Topliss-reactive ketones (excluding diaryl/α,β-unsaturated/α-hetero) is 1. The van der Waals surface area contributed by atoms with Gasteiger partial charge in [-0.1, -0.05) is 11.3 Å². The van der Waals surface area contributed by atoms with Crippen molar-refractivity contribution in [2.24, 2.45) is 7.05 Å². The third-order valence-electron chi connectivity index (χ3n) is 2.55. The average Bonchev–Trinajstić information content (AvgIpc) is 2.70. The zero-order chi connectivity index (χ0) is 13.3. The molecule has 1 aromatic carbocycles. The van der Waals surface area contributed by atoms with E-state index in [0.29, 0.717) is 5.69 Å². The second kappa shape index (κ2) is 4.64. The van der Waals surface area contributed by atoms with Gasteiger partial charge in [-0.05, 0) is 18.6 Å². The van der Waals surface area contributed by atoms with Gasteiger partial charge in [-0.3, -0.25) is 9.48 Å². The fraction of sp³-hybridized carbons (Fsp3) is 0.250. The number of hydrogen-bond donors (Lipinski definition) is 0. The Morgan fingerprint density at radius 2 is 2.11 bits per heavy atom. The molecule has 1 heterocycles. The first-order chi connectivity index (χ1) is 8.49. The monoisotopic (exact) mass is 251 g/mol. The first kappa shape index (κ1) is 12.3. The molecule has 18 heavy (non-hydrogen) atoms. The highest BCUT2D eigenvalue weighted by molar-refractivity contribution is 5.98. The van der Waals surface area contributed by atoms with Crippen molar-refractivity contribution in [3.63, 3.8) is 0 Å². The van der Waals surface area contributed by atoms with Crippen LogP contribution < -0.4 is 0 Å². The van der Waals surface area contributed by atoms with Gasteiger partial charge >= 0.3 is 0 Å². The van der Waals surface area contributed by atoms with Crippen LogP contribution in [0.15, 0.2) is 18.3 Å². The SMILES string of the molecule is Cc1ccc(F)c(C(=O)Cc2cn(C)nn2)c1F. The summed E-state index contributed by atoms with van der Waals surface area (Å²) in [6, 6.07) is 2.38. The summed E-state index contributed by atoms with van der Waals surface area (Å²) in [7, 11) is 1.65. The van der Waals surface area contributed by atoms with Crippen LogP contribution in [0, 0.1) is 18.6 Å². The standard InChI is InChI=1S/C12H11F2N3O/c1-7-3-4-9(13)11(12(7)14)10(18)5-8-6-17(2)16-15-8/h3-4,6H,5H2,1-2H3. The minimum Gasteiger partial charge on any atom is -0.294 e. The molecule has 1 aromatic heterocycles. The van der Waals surface area contributed by atoms with E-state index in [4.69, 9.17) is 0 Å². The molecule has 0 saturated heterocycles. The molecule has 2 aromatic rings. The molecule has 6 heteroatoms. The number of rotatable bonds is 3. The molecule has 0 aliphatic heterocycles. The molecule has 94 valence electrons. The number of hydrogen-bond acceptors (Lipinski definition) is 3. The molecule has 0 atom stereocenters.